The van der Waals surface area contributed by atoms with E-state index in [1.165, 1.54) is 0 Å². The summed E-state index contributed by atoms with van der Waals surface area (Å²) in [4.78, 5) is 21.5. The van der Waals surface area contributed by atoms with Crippen molar-refractivity contribution in [2.24, 2.45) is 0 Å². The first-order chi connectivity index (χ1) is 19.8. The standard InChI is InChI=1S/C32H45FN6O3/c1-21-26(39-29(34-21)25(35-31(2,3)4)20-27(36-39)37-15-17-41-18-16-37)19-23-9-8-10-24(33)28(23)22-11-13-38(14-12-22)30(40)42-32(5,6)7/h8-10,20,22,35H,11-19H2,1-7H3. The van der Waals surface area contributed by atoms with Gasteiger partial charge < -0.3 is 24.6 Å². The summed E-state index contributed by atoms with van der Waals surface area (Å²) in [5.41, 5.74) is 4.43. The quantitative estimate of drug-likeness (QED) is 0.401. The third-order valence-electron chi connectivity index (χ3n) is 7.77. The van der Waals surface area contributed by atoms with Gasteiger partial charge in [0.15, 0.2) is 11.5 Å². The minimum Gasteiger partial charge on any atom is -0.444 e. The molecule has 1 aromatic carbocycles. The summed E-state index contributed by atoms with van der Waals surface area (Å²) in [7, 11) is 0. The first kappa shape index (κ1) is 30.1. The number of piperidine rings is 1. The Hall–Kier alpha value is -3.40. The number of ether oxygens (including phenoxy) is 2. The van der Waals surface area contributed by atoms with Gasteiger partial charge in [-0.15, -0.1) is 5.10 Å². The van der Waals surface area contributed by atoms with Crippen LogP contribution in [0.2, 0.25) is 0 Å². The van der Waals surface area contributed by atoms with Crippen LogP contribution in [0.4, 0.5) is 20.7 Å². The predicted molar refractivity (Wildman–Crippen MR) is 163 cm³/mol. The lowest BCUT2D eigenvalue weighted by atomic mass is 9.85. The molecule has 3 aromatic rings. The topological polar surface area (TPSA) is 84.2 Å². The van der Waals surface area contributed by atoms with Gasteiger partial charge in [0, 0.05) is 44.2 Å². The van der Waals surface area contributed by atoms with E-state index in [-0.39, 0.29) is 23.4 Å². The van der Waals surface area contributed by atoms with Crippen molar-refractivity contribution in [1.82, 2.24) is 19.5 Å². The van der Waals surface area contributed by atoms with Crippen molar-refractivity contribution in [3.63, 3.8) is 0 Å². The van der Waals surface area contributed by atoms with Crippen molar-refractivity contribution in [3.05, 3.63) is 52.6 Å². The van der Waals surface area contributed by atoms with E-state index >= 15 is 4.39 Å². The third-order valence-corrected chi connectivity index (χ3v) is 7.77. The zero-order valence-electron chi connectivity index (χ0n) is 26.1. The molecule has 9 nitrogen and oxygen atoms in total. The van der Waals surface area contributed by atoms with Gasteiger partial charge in [-0.2, -0.15) is 0 Å². The monoisotopic (exact) mass is 580 g/mol. The summed E-state index contributed by atoms with van der Waals surface area (Å²) in [5, 5.41) is 8.69. The molecule has 10 heteroatoms. The molecule has 0 radical (unpaired) electrons. The van der Waals surface area contributed by atoms with Crippen LogP contribution < -0.4 is 10.2 Å². The van der Waals surface area contributed by atoms with Crippen LogP contribution in [0.5, 0.6) is 0 Å². The first-order valence-electron chi connectivity index (χ1n) is 15.0. The highest BCUT2D eigenvalue weighted by atomic mass is 19.1. The number of fused-ring (bicyclic) bond motifs is 1. The Morgan fingerprint density at radius 2 is 1.79 bits per heavy atom. The average Bonchev–Trinajstić information content (AvgIpc) is 3.23. The molecule has 5 rings (SSSR count). The highest BCUT2D eigenvalue weighted by molar-refractivity contribution is 5.72. The number of imidazole rings is 1. The fourth-order valence-electron chi connectivity index (χ4n) is 5.86. The Morgan fingerprint density at radius 3 is 2.43 bits per heavy atom. The lowest BCUT2D eigenvalue weighted by Gasteiger charge is -2.34. The van der Waals surface area contributed by atoms with E-state index < -0.39 is 5.60 Å². The highest BCUT2D eigenvalue weighted by Gasteiger charge is 2.30. The van der Waals surface area contributed by atoms with Gasteiger partial charge >= 0.3 is 6.09 Å². The Kier molecular flexibility index (Phi) is 8.38. The van der Waals surface area contributed by atoms with E-state index in [0.29, 0.717) is 45.6 Å². The Balaban J connectivity index is 1.47. The molecule has 228 valence electrons. The molecule has 2 aromatic heterocycles. The summed E-state index contributed by atoms with van der Waals surface area (Å²) in [5.74, 6) is 0.672. The number of nitrogens with zero attached hydrogens (tertiary/aromatic N) is 5. The fourth-order valence-corrected chi connectivity index (χ4v) is 5.86. The molecule has 2 aliphatic rings. The molecule has 0 saturated carbocycles. The summed E-state index contributed by atoms with van der Waals surface area (Å²) in [6, 6.07) is 7.41. The van der Waals surface area contributed by atoms with Crippen LogP contribution in [0.1, 0.15) is 82.8 Å². The number of rotatable bonds is 5. The minimum absolute atomic E-state index is 0.00867. The number of amides is 1. The maximum Gasteiger partial charge on any atom is 0.410 e. The second-order valence-corrected chi connectivity index (χ2v) is 13.5. The van der Waals surface area contributed by atoms with Gasteiger partial charge in [-0.1, -0.05) is 12.1 Å². The number of likely N-dealkylation sites (tertiary alicyclic amines) is 1. The van der Waals surface area contributed by atoms with E-state index in [2.05, 4.69) is 37.1 Å². The van der Waals surface area contributed by atoms with Crippen LogP contribution in [0, 0.1) is 12.7 Å². The average molecular weight is 581 g/mol. The Morgan fingerprint density at radius 1 is 1.10 bits per heavy atom. The van der Waals surface area contributed by atoms with Crippen LogP contribution >= 0.6 is 0 Å². The molecule has 0 atom stereocenters. The third kappa shape index (κ3) is 6.80. The Labute approximate surface area is 248 Å². The van der Waals surface area contributed by atoms with E-state index in [1.54, 1.807) is 17.0 Å². The molecule has 0 aliphatic carbocycles. The highest BCUT2D eigenvalue weighted by Crippen LogP contribution is 2.35. The second-order valence-electron chi connectivity index (χ2n) is 13.5. The largest absolute Gasteiger partial charge is 0.444 e. The lowest BCUT2D eigenvalue weighted by molar-refractivity contribution is 0.0204. The molecule has 42 heavy (non-hydrogen) atoms. The molecule has 0 unspecified atom stereocenters. The molecule has 2 fully saturated rings. The second kappa shape index (κ2) is 11.7. The molecule has 0 bridgehead atoms. The maximum absolute atomic E-state index is 15.5. The zero-order valence-corrected chi connectivity index (χ0v) is 26.1. The van der Waals surface area contributed by atoms with Crippen molar-refractivity contribution < 1.29 is 18.7 Å². The number of halogens is 1. The van der Waals surface area contributed by atoms with Gasteiger partial charge in [0.05, 0.1) is 30.3 Å². The summed E-state index contributed by atoms with van der Waals surface area (Å²) in [6.07, 6.45) is 1.55. The number of carbonyl (C=O) groups excluding carboxylic acids is 1. The van der Waals surface area contributed by atoms with Gasteiger partial charge in [0.1, 0.15) is 11.4 Å². The first-order valence-corrected chi connectivity index (χ1v) is 15.0. The molecule has 1 N–H and O–H groups in total. The van der Waals surface area contributed by atoms with Crippen molar-refractivity contribution >= 4 is 23.2 Å². The summed E-state index contributed by atoms with van der Waals surface area (Å²) >= 11 is 0. The van der Waals surface area contributed by atoms with Crippen LogP contribution in [-0.2, 0) is 15.9 Å². The smallest absolute Gasteiger partial charge is 0.410 e. The van der Waals surface area contributed by atoms with Crippen LogP contribution in [-0.4, -0.2) is 76.1 Å². The molecule has 4 heterocycles. The summed E-state index contributed by atoms with van der Waals surface area (Å²) < 4.78 is 28.6. The number of hydrogen-bond donors (Lipinski definition) is 1. The number of carbonyl (C=O) groups is 1. The van der Waals surface area contributed by atoms with Crippen molar-refractivity contribution in [3.8, 4) is 0 Å². The number of morpholine rings is 1. The molecule has 1 amide bonds. The van der Waals surface area contributed by atoms with Gasteiger partial charge in [-0.25, -0.2) is 18.7 Å². The Bertz CT molecular complexity index is 1430. The van der Waals surface area contributed by atoms with Crippen LogP contribution in [0.3, 0.4) is 0 Å². The van der Waals surface area contributed by atoms with Crippen molar-refractivity contribution in [2.45, 2.75) is 84.8 Å². The molecule has 2 saturated heterocycles. The van der Waals surface area contributed by atoms with Gasteiger partial charge in [0.25, 0.3) is 0 Å². The SMILES string of the molecule is Cc1nc2c(NC(C)(C)C)cc(N3CCOCC3)nn2c1Cc1cccc(F)c1C1CCN(C(=O)OC(C)(C)C)CC1. The number of anilines is 2. The van der Waals surface area contributed by atoms with Gasteiger partial charge in [-0.05, 0) is 84.4 Å². The predicted octanol–water partition coefficient (Wildman–Crippen LogP) is 5.93. The number of nitrogens with one attached hydrogen (secondary N) is 1. The van der Waals surface area contributed by atoms with Crippen molar-refractivity contribution in [1.29, 1.82) is 0 Å². The fraction of sp³-hybridized carbons (Fsp3) is 0.594. The maximum atomic E-state index is 15.5. The van der Waals surface area contributed by atoms with E-state index in [9.17, 15) is 4.79 Å². The number of benzene rings is 1. The number of aryl methyl sites for hydroxylation is 1. The van der Waals surface area contributed by atoms with Gasteiger partial charge in [0.2, 0.25) is 0 Å². The zero-order chi connectivity index (χ0) is 30.2. The lowest BCUT2D eigenvalue weighted by Crippen LogP contribution is -2.41. The van der Waals surface area contributed by atoms with E-state index in [1.807, 2.05) is 38.3 Å². The van der Waals surface area contributed by atoms with E-state index in [0.717, 1.165) is 52.8 Å². The normalized spacial score (nSPS) is 17.1. The molecule has 2 aliphatic heterocycles. The molecule has 0 spiro atoms. The van der Waals surface area contributed by atoms with Crippen molar-refractivity contribution in [2.75, 3.05) is 49.6 Å². The van der Waals surface area contributed by atoms with E-state index in [4.69, 9.17) is 19.6 Å². The molecular weight excluding hydrogens is 535 g/mol. The van der Waals surface area contributed by atoms with Crippen LogP contribution in [0.15, 0.2) is 24.3 Å². The summed E-state index contributed by atoms with van der Waals surface area (Å²) in [6.45, 7) is 17.9. The minimum atomic E-state index is -0.545. The number of hydrogen-bond acceptors (Lipinski definition) is 7. The van der Waals surface area contributed by atoms with Crippen LogP contribution in [0.25, 0.3) is 5.65 Å². The molecular formula is C32H45FN6O3. The number of aromatic nitrogens is 3. The van der Waals surface area contributed by atoms with Gasteiger partial charge in [-0.3, -0.25) is 0 Å².